The van der Waals surface area contributed by atoms with Gasteiger partial charge in [0.2, 0.25) is 10.0 Å². The Kier molecular flexibility index (Phi) is 6.80. The highest BCUT2D eigenvalue weighted by Crippen LogP contribution is 2.37. The summed E-state index contributed by atoms with van der Waals surface area (Å²) in [6.45, 7) is 0.483. The molecule has 1 saturated heterocycles. The Morgan fingerprint density at radius 3 is 2.28 bits per heavy atom. The molecule has 1 fully saturated rings. The molecule has 3 rings (SSSR count). The number of carbonyl (C=O) groups excluding carboxylic acids is 1. The zero-order valence-electron chi connectivity index (χ0n) is 17.5. The van der Waals surface area contributed by atoms with Crippen LogP contribution in [0, 0.1) is 5.82 Å². The van der Waals surface area contributed by atoms with Crippen LogP contribution in [0.5, 0.6) is 0 Å². The Bertz CT molecular complexity index is 1110. The number of rotatable bonds is 5. The maximum Gasteiger partial charge on any atom is 0.418 e. The predicted molar refractivity (Wildman–Crippen MR) is 113 cm³/mol. The first-order valence-corrected chi connectivity index (χ1v) is 11.3. The van der Waals surface area contributed by atoms with E-state index in [9.17, 15) is 30.8 Å². The van der Waals surface area contributed by atoms with Crippen molar-refractivity contribution in [3.8, 4) is 0 Å². The van der Waals surface area contributed by atoms with Crippen LogP contribution >= 0.6 is 0 Å². The van der Waals surface area contributed by atoms with E-state index in [-0.39, 0.29) is 24.3 Å². The number of benzene rings is 2. The van der Waals surface area contributed by atoms with Gasteiger partial charge in [-0.3, -0.25) is 4.79 Å². The molecular formula is C21H23F4N3O3S. The third-order valence-electron chi connectivity index (χ3n) is 5.20. The Morgan fingerprint density at radius 1 is 1.03 bits per heavy atom. The van der Waals surface area contributed by atoms with E-state index in [0.717, 1.165) is 41.1 Å². The summed E-state index contributed by atoms with van der Waals surface area (Å²) < 4.78 is 81.7. The lowest BCUT2D eigenvalue weighted by Crippen LogP contribution is -2.36. The minimum Gasteiger partial charge on any atom is -0.378 e. The first-order chi connectivity index (χ1) is 14.9. The number of halogens is 4. The lowest BCUT2D eigenvalue weighted by molar-refractivity contribution is -0.136. The summed E-state index contributed by atoms with van der Waals surface area (Å²) in [5.74, 6) is -2.01. The van der Waals surface area contributed by atoms with Crippen molar-refractivity contribution in [2.75, 3.05) is 37.4 Å². The van der Waals surface area contributed by atoms with Crippen molar-refractivity contribution < 1.29 is 30.8 Å². The SMILES string of the molecule is CN(C)c1ccc(NC(=O)c2ccc(F)c(S(=O)(=O)N3CCCCC3)c2)c(C(F)(F)F)c1. The van der Waals surface area contributed by atoms with Gasteiger partial charge in [0.25, 0.3) is 5.91 Å². The lowest BCUT2D eigenvalue weighted by Gasteiger charge is -2.26. The predicted octanol–water partition coefficient (Wildman–Crippen LogP) is 4.34. The number of anilines is 2. The normalized spacial score (nSPS) is 15.4. The molecule has 1 amide bonds. The second-order valence-electron chi connectivity index (χ2n) is 7.69. The van der Waals surface area contributed by atoms with Crippen LogP contribution in [0.3, 0.4) is 0 Å². The number of carbonyl (C=O) groups is 1. The van der Waals surface area contributed by atoms with Gasteiger partial charge >= 0.3 is 6.18 Å². The molecule has 0 aliphatic carbocycles. The minimum atomic E-state index is -4.74. The molecule has 1 aliphatic heterocycles. The second kappa shape index (κ2) is 9.07. The Hall–Kier alpha value is -2.66. The van der Waals surface area contributed by atoms with Gasteiger partial charge in [0.1, 0.15) is 10.7 Å². The summed E-state index contributed by atoms with van der Waals surface area (Å²) >= 11 is 0. The van der Waals surface area contributed by atoms with Crippen molar-refractivity contribution in [2.24, 2.45) is 0 Å². The molecule has 0 radical (unpaired) electrons. The summed E-state index contributed by atoms with van der Waals surface area (Å²) in [5.41, 5.74) is -1.53. The lowest BCUT2D eigenvalue weighted by atomic mass is 10.1. The van der Waals surface area contributed by atoms with Crippen LogP contribution in [0.15, 0.2) is 41.3 Å². The van der Waals surface area contributed by atoms with Crippen molar-refractivity contribution in [1.82, 2.24) is 4.31 Å². The summed E-state index contributed by atoms with van der Waals surface area (Å²) in [6, 6.07) is 6.13. The summed E-state index contributed by atoms with van der Waals surface area (Å²) in [7, 11) is -1.02. The number of alkyl halides is 3. The van der Waals surface area contributed by atoms with E-state index in [2.05, 4.69) is 5.32 Å². The number of sulfonamides is 1. The van der Waals surface area contributed by atoms with Gasteiger partial charge in [-0.05, 0) is 49.2 Å². The molecule has 1 heterocycles. The van der Waals surface area contributed by atoms with Crippen LogP contribution in [-0.2, 0) is 16.2 Å². The molecule has 0 aromatic heterocycles. The molecule has 0 unspecified atom stereocenters. The van der Waals surface area contributed by atoms with Gasteiger partial charge < -0.3 is 10.2 Å². The number of piperidine rings is 1. The standard InChI is InChI=1S/C21H23F4N3O3S/c1-27(2)15-7-9-18(16(13-15)21(23,24)25)26-20(29)14-6-8-17(22)19(12-14)32(30,31)28-10-4-3-5-11-28/h6-9,12-13H,3-5,10-11H2,1-2H3,(H,26,29). The maximum absolute atomic E-state index is 14.4. The third-order valence-corrected chi connectivity index (χ3v) is 7.11. The maximum atomic E-state index is 14.4. The number of hydrogen-bond donors (Lipinski definition) is 1. The molecule has 0 saturated carbocycles. The Labute approximate surface area is 183 Å². The summed E-state index contributed by atoms with van der Waals surface area (Å²) in [5, 5.41) is 2.17. The van der Waals surface area contributed by atoms with Crippen LogP contribution in [0.2, 0.25) is 0 Å². The van der Waals surface area contributed by atoms with Gasteiger partial charge in [0.05, 0.1) is 11.3 Å². The number of amides is 1. The van der Waals surface area contributed by atoms with E-state index in [4.69, 9.17) is 0 Å². The molecule has 0 spiro atoms. The molecular weight excluding hydrogens is 450 g/mol. The van der Waals surface area contributed by atoms with Gasteiger partial charge in [-0.1, -0.05) is 6.42 Å². The van der Waals surface area contributed by atoms with E-state index < -0.39 is 44.1 Å². The molecule has 1 aliphatic rings. The fraction of sp³-hybridized carbons (Fsp3) is 0.381. The van der Waals surface area contributed by atoms with Crippen molar-refractivity contribution >= 4 is 27.3 Å². The third kappa shape index (κ3) is 5.04. The summed E-state index contributed by atoms with van der Waals surface area (Å²) in [6.07, 6.45) is -2.58. The van der Waals surface area contributed by atoms with Crippen LogP contribution in [0.4, 0.5) is 28.9 Å². The fourth-order valence-corrected chi connectivity index (χ4v) is 5.04. The highest BCUT2D eigenvalue weighted by atomic mass is 32.2. The average Bonchev–Trinajstić information content (AvgIpc) is 2.73. The second-order valence-corrected chi connectivity index (χ2v) is 9.59. The van der Waals surface area contributed by atoms with Gasteiger partial charge in [-0.25, -0.2) is 12.8 Å². The largest absolute Gasteiger partial charge is 0.418 e. The minimum absolute atomic E-state index is 0.241. The fourth-order valence-electron chi connectivity index (χ4n) is 3.44. The molecule has 11 heteroatoms. The zero-order valence-corrected chi connectivity index (χ0v) is 18.4. The summed E-state index contributed by atoms with van der Waals surface area (Å²) in [4.78, 5) is 13.5. The number of hydrogen-bond acceptors (Lipinski definition) is 4. The number of nitrogens with one attached hydrogen (secondary N) is 1. The van der Waals surface area contributed by atoms with Gasteiger partial charge in [-0.15, -0.1) is 0 Å². The molecule has 0 bridgehead atoms. The topological polar surface area (TPSA) is 69.7 Å². The van der Waals surface area contributed by atoms with Crippen LogP contribution < -0.4 is 10.2 Å². The smallest absolute Gasteiger partial charge is 0.378 e. The highest BCUT2D eigenvalue weighted by Gasteiger charge is 2.35. The number of nitrogens with zero attached hydrogens (tertiary/aromatic N) is 2. The molecule has 6 nitrogen and oxygen atoms in total. The van der Waals surface area contributed by atoms with E-state index >= 15 is 0 Å². The molecule has 2 aromatic rings. The molecule has 2 aromatic carbocycles. The Morgan fingerprint density at radius 2 is 1.69 bits per heavy atom. The van der Waals surface area contributed by atoms with Gasteiger partial charge in [0.15, 0.2) is 0 Å². The average molecular weight is 473 g/mol. The zero-order chi connectivity index (χ0) is 23.7. The Balaban J connectivity index is 1.94. The quantitative estimate of drug-likeness (QED) is 0.656. The molecule has 1 N–H and O–H groups in total. The van der Waals surface area contributed by atoms with Gasteiger partial charge in [0, 0.05) is 38.4 Å². The first-order valence-electron chi connectivity index (χ1n) is 9.91. The molecule has 0 atom stereocenters. The van der Waals surface area contributed by atoms with Crippen molar-refractivity contribution in [1.29, 1.82) is 0 Å². The first kappa shape index (κ1) is 24.0. The van der Waals surface area contributed by atoms with Crippen molar-refractivity contribution in [3.63, 3.8) is 0 Å². The van der Waals surface area contributed by atoms with Crippen molar-refractivity contribution in [2.45, 2.75) is 30.3 Å². The van der Waals surface area contributed by atoms with Crippen LogP contribution in [-0.4, -0.2) is 45.8 Å². The molecule has 32 heavy (non-hydrogen) atoms. The van der Waals surface area contributed by atoms with Gasteiger partial charge in [-0.2, -0.15) is 17.5 Å². The van der Waals surface area contributed by atoms with Crippen LogP contribution in [0.25, 0.3) is 0 Å². The highest BCUT2D eigenvalue weighted by molar-refractivity contribution is 7.89. The van der Waals surface area contributed by atoms with E-state index in [0.29, 0.717) is 12.8 Å². The van der Waals surface area contributed by atoms with E-state index in [1.807, 2.05) is 0 Å². The molecule has 174 valence electrons. The van der Waals surface area contributed by atoms with E-state index in [1.54, 1.807) is 14.1 Å². The van der Waals surface area contributed by atoms with E-state index in [1.165, 1.54) is 11.0 Å². The van der Waals surface area contributed by atoms with Crippen molar-refractivity contribution in [3.05, 3.63) is 53.3 Å². The van der Waals surface area contributed by atoms with Crippen LogP contribution in [0.1, 0.15) is 35.2 Å². The monoisotopic (exact) mass is 473 g/mol.